The highest BCUT2D eigenvalue weighted by Crippen LogP contribution is 2.55. The van der Waals surface area contributed by atoms with E-state index in [1.165, 1.54) is 0 Å². The Morgan fingerprint density at radius 1 is 1.20 bits per heavy atom. The van der Waals surface area contributed by atoms with Crippen molar-refractivity contribution >= 4 is 11.8 Å². The first-order valence-electron chi connectivity index (χ1n) is 13.6. The van der Waals surface area contributed by atoms with Crippen molar-refractivity contribution in [3.05, 3.63) is 35.9 Å². The number of carbonyl (C=O) groups excluding carboxylic acids is 2. The van der Waals surface area contributed by atoms with Crippen molar-refractivity contribution in [2.45, 2.75) is 83.9 Å². The molecule has 3 fully saturated rings. The molecule has 0 aromatic heterocycles. The van der Waals surface area contributed by atoms with Crippen LogP contribution in [0.25, 0.3) is 0 Å². The molecule has 2 amide bonds. The molecule has 6 nitrogen and oxygen atoms in total. The summed E-state index contributed by atoms with van der Waals surface area (Å²) in [6, 6.07) is 10.0. The van der Waals surface area contributed by atoms with Gasteiger partial charge in [0.05, 0.1) is 25.2 Å². The number of benzene rings is 1. The molecule has 1 aromatic rings. The average molecular weight is 485 g/mol. The predicted molar refractivity (Wildman–Crippen MR) is 137 cm³/mol. The van der Waals surface area contributed by atoms with Gasteiger partial charge in [-0.2, -0.15) is 0 Å². The van der Waals surface area contributed by atoms with Gasteiger partial charge in [0.25, 0.3) is 0 Å². The summed E-state index contributed by atoms with van der Waals surface area (Å²) in [5.74, 6) is 0.161. The topological polar surface area (TPSA) is 78.9 Å². The van der Waals surface area contributed by atoms with Gasteiger partial charge in [0.15, 0.2) is 0 Å². The van der Waals surface area contributed by atoms with Crippen LogP contribution >= 0.6 is 0 Å². The average Bonchev–Trinajstić information content (AvgIpc) is 3.29. The number of ether oxygens (including phenoxy) is 1. The number of nitrogens with zero attached hydrogens (tertiary/aromatic N) is 1. The van der Waals surface area contributed by atoms with E-state index in [4.69, 9.17) is 4.74 Å². The lowest BCUT2D eigenvalue weighted by Crippen LogP contribution is -2.59. The molecule has 0 bridgehead atoms. The van der Waals surface area contributed by atoms with Crippen LogP contribution in [0.3, 0.4) is 0 Å². The van der Waals surface area contributed by atoms with Crippen LogP contribution in [0.1, 0.15) is 64.9 Å². The van der Waals surface area contributed by atoms with Crippen molar-refractivity contribution in [3.63, 3.8) is 0 Å². The van der Waals surface area contributed by atoms with E-state index in [0.717, 1.165) is 50.6 Å². The van der Waals surface area contributed by atoms with E-state index in [-0.39, 0.29) is 53.0 Å². The summed E-state index contributed by atoms with van der Waals surface area (Å²) in [6.07, 6.45) is 5.67. The van der Waals surface area contributed by atoms with Gasteiger partial charge < -0.3 is 20.1 Å². The van der Waals surface area contributed by atoms with Gasteiger partial charge in [0.1, 0.15) is 0 Å². The summed E-state index contributed by atoms with van der Waals surface area (Å²) >= 11 is 0. The summed E-state index contributed by atoms with van der Waals surface area (Å²) < 4.78 is 5.35. The zero-order valence-corrected chi connectivity index (χ0v) is 21.9. The number of fused-ring (bicyclic) bond motifs is 1. The number of hydrogen-bond donors (Lipinski definition) is 2. The smallest absolute Gasteiger partial charge is 0.226 e. The molecule has 2 saturated carbocycles. The fraction of sp³-hybridized carbons (Fsp3) is 0.724. The lowest BCUT2D eigenvalue weighted by Gasteiger charge is -2.56. The Morgan fingerprint density at radius 3 is 2.63 bits per heavy atom. The number of aliphatic hydroxyl groups excluding tert-OH is 1. The lowest BCUT2D eigenvalue weighted by atomic mass is 9.51. The number of methoxy groups -OCH3 is 1. The Kier molecular flexibility index (Phi) is 8.22. The quantitative estimate of drug-likeness (QED) is 0.617. The minimum absolute atomic E-state index is 0.0419. The van der Waals surface area contributed by atoms with Crippen LogP contribution in [0.4, 0.5) is 0 Å². The molecule has 0 radical (unpaired) electrons. The van der Waals surface area contributed by atoms with Crippen molar-refractivity contribution < 1.29 is 19.4 Å². The number of amides is 2. The van der Waals surface area contributed by atoms with E-state index in [9.17, 15) is 14.7 Å². The zero-order valence-electron chi connectivity index (χ0n) is 21.9. The monoisotopic (exact) mass is 484 g/mol. The molecule has 2 aliphatic carbocycles. The molecule has 1 heterocycles. The molecular weight excluding hydrogens is 440 g/mol. The number of hydrogen-bond acceptors (Lipinski definition) is 4. The van der Waals surface area contributed by atoms with Gasteiger partial charge in [-0.15, -0.1) is 0 Å². The van der Waals surface area contributed by atoms with E-state index < -0.39 is 6.10 Å². The maximum absolute atomic E-state index is 13.5. The molecule has 0 unspecified atom stereocenters. The van der Waals surface area contributed by atoms with Gasteiger partial charge in [-0.25, -0.2) is 0 Å². The van der Waals surface area contributed by atoms with Crippen molar-refractivity contribution in [2.75, 3.05) is 20.3 Å². The summed E-state index contributed by atoms with van der Waals surface area (Å²) in [6.45, 7) is 7.86. The van der Waals surface area contributed by atoms with Crippen LogP contribution in [-0.2, 0) is 20.7 Å². The molecule has 35 heavy (non-hydrogen) atoms. The van der Waals surface area contributed by atoms with Crippen molar-refractivity contribution in [2.24, 2.45) is 29.1 Å². The number of aliphatic hydroxyl groups is 1. The first-order chi connectivity index (χ1) is 16.7. The van der Waals surface area contributed by atoms with E-state index in [0.29, 0.717) is 13.0 Å². The molecular formula is C29H44N2O4. The third-order valence-electron chi connectivity index (χ3n) is 9.49. The predicted octanol–water partition coefficient (Wildman–Crippen LogP) is 3.81. The fourth-order valence-corrected chi connectivity index (χ4v) is 7.47. The largest absolute Gasteiger partial charge is 0.392 e. The Bertz CT molecular complexity index is 877. The summed E-state index contributed by atoms with van der Waals surface area (Å²) in [5, 5.41) is 15.0. The molecule has 4 rings (SSSR count). The number of likely N-dealkylation sites (tertiary alicyclic amines) is 1. The van der Waals surface area contributed by atoms with Crippen LogP contribution in [0.15, 0.2) is 30.3 Å². The maximum atomic E-state index is 13.5. The van der Waals surface area contributed by atoms with E-state index >= 15 is 0 Å². The lowest BCUT2D eigenvalue weighted by molar-refractivity contribution is -0.152. The fourth-order valence-electron chi connectivity index (χ4n) is 7.47. The molecule has 8 atom stereocenters. The van der Waals surface area contributed by atoms with E-state index in [1.54, 1.807) is 7.11 Å². The summed E-state index contributed by atoms with van der Waals surface area (Å²) in [7, 11) is 1.69. The molecule has 0 spiro atoms. The van der Waals surface area contributed by atoms with Crippen molar-refractivity contribution in [1.82, 2.24) is 10.2 Å². The van der Waals surface area contributed by atoms with E-state index in [2.05, 4.69) is 19.2 Å². The van der Waals surface area contributed by atoms with Crippen molar-refractivity contribution in [1.29, 1.82) is 0 Å². The highest BCUT2D eigenvalue weighted by Gasteiger charge is 2.54. The van der Waals surface area contributed by atoms with Gasteiger partial charge in [0, 0.05) is 25.6 Å². The third-order valence-corrected chi connectivity index (χ3v) is 9.49. The molecule has 6 heteroatoms. The second-order valence-corrected chi connectivity index (χ2v) is 11.7. The minimum atomic E-state index is -0.542. The standard InChI is InChI=1S/C29H44N2O4/c1-19(28(34)31-16-8-11-22(31)18-35-4)23-12-14-29(3)15-13-24(20(2)26(29)27(23)33)30-25(32)17-21-9-6-5-7-10-21/h5-7,9-10,19-20,22-24,26-27,33H,8,11-18H2,1-4H3,(H,30,32)/t19-,20+,22+,23+,24-,26+,27-,29-/m0/s1. The van der Waals surface area contributed by atoms with Gasteiger partial charge in [-0.1, -0.05) is 51.1 Å². The molecule has 1 aliphatic heterocycles. The number of carbonyl (C=O) groups is 2. The SMILES string of the molecule is COC[C@H]1CCCN1C(=O)[C@@H](C)[C@H]1CC[C@@]2(C)CC[C@H](NC(=O)Cc3ccccc3)[C@@H](C)[C@@H]2[C@H]1O. The Morgan fingerprint density at radius 2 is 1.91 bits per heavy atom. The van der Waals surface area contributed by atoms with Gasteiger partial charge in [0.2, 0.25) is 11.8 Å². The van der Waals surface area contributed by atoms with Crippen LogP contribution in [-0.4, -0.2) is 60.3 Å². The highest BCUT2D eigenvalue weighted by atomic mass is 16.5. The Hall–Kier alpha value is -1.92. The summed E-state index contributed by atoms with van der Waals surface area (Å²) in [5.41, 5.74) is 1.06. The second kappa shape index (κ2) is 11.0. The molecule has 1 aromatic carbocycles. The van der Waals surface area contributed by atoms with Gasteiger partial charge >= 0.3 is 0 Å². The van der Waals surface area contributed by atoms with Crippen LogP contribution in [0, 0.1) is 29.1 Å². The molecule has 194 valence electrons. The Labute approximate surface area is 210 Å². The van der Waals surface area contributed by atoms with Crippen LogP contribution < -0.4 is 5.32 Å². The Balaban J connectivity index is 1.43. The first-order valence-corrected chi connectivity index (χ1v) is 13.6. The van der Waals surface area contributed by atoms with Crippen LogP contribution in [0.2, 0.25) is 0 Å². The second-order valence-electron chi connectivity index (χ2n) is 11.7. The highest BCUT2D eigenvalue weighted by molar-refractivity contribution is 5.80. The normalized spacial score (nSPS) is 35.9. The summed E-state index contributed by atoms with van der Waals surface area (Å²) in [4.78, 5) is 28.3. The number of rotatable bonds is 7. The minimum Gasteiger partial charge on any atom is -0.392 e. The number of nitrogens with one attached hydrogen (secondary N) is 1. The van der Waals surface area contributed by atoms with E-state index in [1.807, 2.05) is 42.2 Å². The van der Waals surface area contributed by atoms with Crippen LogP contribution in [0.5, 0.6) is 0 Å². The first kappa shape index (κ1) is 26.2. The molecule has 1 saturated heterocycles. The zero-order chi connectivity index (χ0) is 25.2. The maximum Gasteiger partial charge on any atom is 0.226 e. The molecule has 2 N–H and O–H groups in total. The molecule has 3 aliphatic rings. The van der Waals surface area contributed by atoms with Gasteiger partial charge in [-0.05, 0) is 67.3 Å². The van der Waals surface area contributed by atoms with Crippen molar-refractivity contribution in [3.8, 4) is 0 Å². The third kappa shape index (κ3) is 5.43. The van der Waals surface area contributed by atoms with Gasteiger partial charge in [-0.3, -0.25) is 9.59 Å².